The summed E-state index contributed by atoms with van der Waals surface area (Å²) in [5, 5.41) is 4.10. The van der Waals surface area contributed by atoms with Gasteiger partial charge in [-0.2, -0.15) is 0 Å². The number of hydrogen-bond acceptors (Lipinski definition) is 2. The molecule has 3 rings (SSSR count). The number of rotatable bonds is 3. The molecule has 0 radical (unpaired) electrons. The van der Waals surface area contributed by atoms with Crippen molar-refractivity contribution in [3.8, 4) is 5.69 Å². The highest BCUT2D eigenvalue weighted by Crippen LogP contribution is 2.23. The Morgan fingerprint density at radius 3 is 2.68 bits per heavy atom. The van der Waals surface area contributed by atoms with Crippen LogP contribution in [0.15, 0.2) is 58.7 Å². The van der Waals surface area contributed by atoms with E-state index in [1.807, 2.05) is 30.3 Å². The highest BCUT2D eigenvalue weighted by Gasteiger charge is 2.17. The summed E-state index contributed by atoms with van der Waals surface area (Å²) in [6.07, 6.45) is 3.47. The maximum absolute atomic E-state index is 12.9. The van der Waals surface area contributed by atoms with Crippen LogP contribution in [0.3, 0.4) is 0 Å². The van der Waals surface area contributed by atoms with Crippen LogP contribution in [0.1, 0.15) is 18.7 Å². The van der Waals surface area contributed by atoms with Crippen LogP contribution in [0.4, 0.5) is 0 Å². The number of para-hydroxylation sites is 1. The average Bonchev–Trinajstić information content (AvgIpc) is 2.90. The quantitative estimate of drug-likeness (QED) is 0.407. The molecule has 0 saturated heterocycles. The Bertz CT molecular complexity index is 938. The molecule has 1 aromatic carbocycles. The topological polar surface area (TPSA) is 75.2 Å². The Morgan fingerprint density at radius 2 is 2.00 bits per heavy atom. The van der Waals surface area contributed by atoms with E-state index in [4.69, 9.17) is 17.1 Å². The average molecular weight is 314 g/mol. The first kappa shape index (κ1) is 14.3. The van der Waals surface area contributed by atoms with Crippen molar-refractivity contribution in [1.82, 2.24) is 8.97 Å². The van der Waals surface area contributed by atoms with Gasteiger partial charge in [0.05, 0.1) is 16.8 Å². The minimum atomic E-state index is -0.497. The van der Waals surface area contributed by atoms with Crippen molar-refractivity contribution < 1.29 is 0 Å². The van der Waals surface area contributed by atoms with Crippen molar-refractivity contribution in [3.63, 3.8) is 0 Å². The fraction of sp³-hybridized carbons (Fsp3) is 0.133. The Kier molecular flexibility index (Phi) is 3.63. The Morgan fingerprint density at radius 1 is 1.27 bits per heavy atom. The first-order valence-corrected chi connectivity index (χ1v) is 7.03. The van der Waals surface area contributed by atoms with Crippen molar-refractivity contribution in [3.05, 3.63) is 80.3 Å². The summed E-state index contributed by atoms with van der Waals surface area (Å²) in [5.41, 5.74) is 10.1. The lowest BCUT2D eigenvalue weighted by Gasteiger charge is -2.16. The predicted octanol–water partition coefficient (Wildman–Crippen LogP) is 4.11. The molecule has 2 aromatic heterocycles. The van der Waals surface area contributed by atoms with Gasteiger partial charge < -0.3 is 4.40 Å². The van der Waals surface area contributed by atoms with E-state index in [0.29, 0.717) is 21.9 Å². The molecule has 0 saturated carbocycles. The number of aromatic nitrogens is 2. The van der Waals surface area contributed by atoms with E-state index in [2.05, 4.69) is 10.0 Å². The Balaban J connectivity index is 2.42. The normalized spacial score (nSPS) is 12.1. The first-order valence-electron chi connectivity index (χ1n) is 6.65. The molecule has 0 aliphatic rings. The monoisotopic (exact) mass is 313 g/mol. The lowest BCUT2D eigenvalue weighted by Crippen LogP contribution is -2.24. The first-order chi connectivity index (χ1) is 10.6. The van der Waals surface area contributed by atoms with E-state index in [1.165, 1.54) is 4.57 Å². The molecular weight excluding hydrogens is 302 g/mol. The van der Waals surface area contributed by atoms with Gasteiger partial charge in [0.1, 0.15) is 5.52 Å². The molecule has 3 aromatic rings. The zero-order valence-electron chi connectivity index (χ0n) is 11.7. The van der Waals surface area contributed by atoms with Crippen molar-refractivity contribution in [2.24, 2.45) is 5.11 Å². The van der Waals surface area contributed by atoms with Gasteiger partial charge in [-0.05, 0) is 23.7 Å². The number of benzene rings is 1. The molecule has 0 spiro atoms. The second-order valence-electron chi connectivity index (χ2n) is 4.83. The summed E-state index contributed by atoms with van der Waals surface area (Å²) >= 11 is 6.11. The van der Waals surface area contributed by atoms with Gasteiger partial charge in [-0.15, -0.1) is 0 Å². The highest BCUT2D eigenvalue weighted by atomic mass is 35.5. The van der Waals surface area contributed by atoms with Gasteiger partial charge in [0, 0.05) is 23.0 Å². The van der Waals surface area contributed by atoms with Gasteiger partial charge in [0.2, 0.25) is 0 Å². The SMILES string of the molecule is CC(N=[N+]=[N-])c1cn2ccc(Cl)c2c(=O)n1-c1ccccc1. The molecule has 1 atom stereocenters. The van der Waals surface area contributed by atoms with Gasteiger partial charge in [-0.1, -0.05) is 41.8 Å². The van der Waals surface area contributed by atoms with Crippen LogP contribution in [-0.4, -0.2) is 8.97 Å². The van der Waals surface area contributed by atoms with E-state index < -0.39 is 6.04 Å². The van der Waals surface area contributed by atoms with E-state index in [-0.39, 0.29) is 5.56 Å². The van der Waals surface area contributed by atoms with E-state index in [9.17, 15) is 4.79 Å². The lowest BCUT2D eigenvalue weighted by molar-refractivity contribution is 0.713. The summed E-state index contributed by atoms with van der Waals surface area (Å²) in [6, 6.07) is 10.4. The Hall–Kier alpha value is -2.69. The van der Waals surface area contributed by atoms with Crippen LogP contribution in [0.5, 0.6) is 0 Å². The summed E-state index contributed by atoms with van der Waals surface area (Å²) < 4.78 is 3.18. The maximum Gasteiger partial charge on any atom is 0.281 e. The third kappa shape index (κ3) is 2.24. The standard InChI is InChI=1S/C15H12ClN5O/c1-10(18-19-17)13-9-20-8-7-12(16)14(20)15(22)21(13)11-5-3-2-4-6-11/h2-10H,1H3. The zero-order valence-corrected chi connectivity index (χ0v) is 12.5. The molecule has 0 bridgehead atoms. The third-order valence-electron chi connectivity index (χ3n) is 3.47. The molecule has 2 heterocycles. The fourth-order valence-corrected chi connectivity index (χ4v) is 2.68. The molecule has 110 valence electrons. The minimum Gasteiger partial charge on any atom is -0.316 e. The van der Waals surface area contributed by atoms with E-state index in [0.717, 1.165) is 0 Å². The molecule has 6 nitrogen and oxygen atoms in total. The van der Waals surface area contributed by atoms with Crippen LogP contribution in [0, 0.1) is 0 Å². The van der Waals surface area contributed by atoms with E-state index >= 15 is 0 Å². The molecule has 7 heteroatoms. The largest absolute Gasteiger partial charge is 0.316 e. The van der Waals surface area contributed by atoms with E-state index in [1.54, 1.807) is 29.8 Å². The lowest BCUT2D eigenvalue weighted by atomic mass is 10.2. The summed E-state index contributed by atoms with van der Waals surface area (Å²) in [7, 11) is 0. The van der Waals surface area contributed by atoms with Crippen molar-refractivity contribution >= 4 is 17.1 Å². The van der Waals surface area contributed by atoms with Crippen LogP contribution in [0.2, 0.25) is 5.02 Å². The van der Waals surface area contributed by atoms with Crippen LogP contribution in [0.25, 0.3) is 21.6 Å². The second kappa shape index (κ2) is 5.60. The van der Waals surface area contributed by atoms with Gasteiger partial charge in [0.15, 0.2) is 0 Å². The molecule has 0 amide bonds. The number of halogens is 1. The second-order valence-corrected chi connectivity index (χ2v) is 5.24. The predicted molar refractivity (Wildman–Crippen MR) is 85.6 cm³/mol. The van der Waals surface area contributed by atoms with Gasteiger partial charge in [-0.25, -0.2) is 0 Å². The van der Waals surface area contributed by atoms with Crippen molar-refractivity contribution in [1.29, 1.82) is 0 Å². The van der Waals surface area contributed by atoms with Gasteiger partial charge in [0.25, 0.3) is 5.56 Å². The number of fused-ring (bicyclic) bond motifs is 1. The number of azide groups is 1. The summed E-state index contributed by atoms with van der Waals surface area (Å²) in [4.78, 5) is 15.7. The zero-order chi connectivity index (χ0) is 15.7. The van der Waals surface area contributed by atoms with Gasteiger partial charge >= 0.3 is 0 Å². The number of nitrogens with zero attached hydrogens (tertiary/aromatic N) is 5. The molecule has 1 unspecified atom stereocenters. The molecule has 0 N–H and O–H groups in total. The molecule has 0 aliphatic carbocycles. The molecule has 0 fully saturated rings. The molecule has 0 aliphatic heterocycles. The van der Waals surface area contributed by atoms with Crippen LogP contribution in [-0.2, 0) is 0 Å². The summed E-state index contributed by atoms with van der Waals surface area (Å²) in [5.74, 6) is 0. The summed E-state index contributed by atoms with van der Waals surface area (Å²) in [6.45, 7) is 1.74. The maximum atomic E-state index is 12.9. The van der Waals surface area contributed by atoms with Crippen molar-refractivity contribution in [2.45, 2.75) is 13.0 Å². The minimum absolute atomic E-state index is 0.251. The molecular formula is C15H12ClN5O. The van der Waals surface area contributed by atoms with Crippen LogP contribution >= 0.6 is 11.6 Å². The molecule has 22 heavy (non-hydrogen) atoms. The smallest absolute Gasteiger partial charge is 0.281 e. The Labute approximate surface area is 130 Å². The van der Waals surface area contributed by atoms with Gasteiger partial charge in [-0.3, -0.25) is 9.36 Å². The fourth-order valence-electron chi connectivity index (χ4n) is 2.44. The third-order valence-corrected chi connectivity index (χ3v) is 3.77. The highest BCUT2D eigenvalue weighted by molar-refractivity contribution is 6.33. The number of hydrogen-bond donors (Lipinski definition) is 0. The van der Waals surface area contributed by atoms with Crippen molar-refractivity contribution in [2.75, 3.05) is 0 Å². The van der Waals surface area contributed by atoms with Crippen LogP contribution < -0.4 is 5.56 Å².